The van der Waals surface area contributed by atoms with Crippen molar-refractivity contribution in [3.63, 3.8) is 0 Å². The van der Waals surface area contributed by atoms with E-state index in [0.717, 1.165) is 23.3 Å². The number of likely N-dealkylation sites (tertiary alicyclic amines) is 1. The second kappa shape index (κ2) is 6.27. The van der Waals surface area contributed by atoms with Crippen LogP contribution >= 0.6 is 0 Å². The fraction of sp³-hybridized carbons (Fsp3) is 0.562. The molecule has 4 nitrogen and oxygen atoms in total. The monoisotopic (exact) mass is 277 g/mol. The Bertz CT molecular complexity index is 485. The molecule has 2 unspecified atom stereocenters. The van der Waals surface area contributed by atoms with Crippen LogP contribution in [0.5, 0.6) is 5.75 Å². The van der Waals surface area contributed by atoms with Gasteiger partial charge in [-0.2, -0.15) is 0 Å². The van der Waals surface area contributed by atoms with Gasteiger partial charge in [-0.05, 0) is 44.4 Å². The molecule has 4 heteroatoms. The molecule has 1 heterocycles. The zero-order chi connectivity index (χ0) is 14.7. The smallest absolute Gasteiger partial charge is 0.260 e. The van der Waals surface area contributed by atoms with Gasteiger partial charge in [-0.25, -0.2) is 0 Å². The van der Waals surface area contributed by atoms with Gasteiger partial charge in [0.2, 0.25) is 0 Å². The molecule has 0 spiro atoms. The summed E-state index contributed by atoms with van der Waals surface area (Å²) in [5.74, 6) is 0.957. The van der Waals surface area contributed by atoms with Crippen LogP contribution in [-0.2, 0) is 4.79 Å². The highest BCUT2D eigenvalue weighted by atomic mass is 16.5. The maximum absolute atomic E-state index is 12.1. The van der Waals surface area contributed by atoms with Crippen LogP contribution in [-0.4, -0.2) is 41.7 Å². The number of hydrogen-bond donors (Lipinski definition) is 1. The topological polar surface area (TPSA) is 49.8 Å². The largest absolute Gasteiger partial charge is 0.483 e. The number of carbonyl (C=O) groups is 1. The number of carbonyl (C=O) groups excluding carboxylic acids is 1. The number of aryl methyl sites for hydroxylation is 2. The highest BCUT2D eigenvalue weighted by molar-refractivity contribution is 5.78. The zero-order valence-corrected chi connectivity index (χ0v) is 12.4. The fourth-order valence-corrected chi connectivity index (χ4v) is 2.50. The summed E-state index contributed by atoms with van der Waals surface area (Å²) in [7, 11) is 0. The van der Waals surface area contributed by atoms with E-state index >= 15 is 0 Å². The van der Waals surface area contributed by atoms with Crippen molar-refractivity contribution in [2.24, 2.45) is 5.92 Å². The van der Waals surface area contributed by atoms with Crippen LogP contribution < -0.4 is 4.74 Å². The van der Waals surface area contributed by atoms with Gasteiger partial charge in [0.05, 0.1) is 6.10 Å². The standard InChI is InChI=1S/C16H23NO3/c1-11-4-5-12(2)15(8-11)20-10-16(19)17-7-6-14(9-17)13(3)18/h4-5,8,13-14,18H,6-7,9-10H2,1-3H3. The minimum Gasteiger partial charge on any atom is -0.483 e. The van der Waals surface area contributed by atoms with E-state index in [0.29, 0.717) is 13.1 Å². The number of hydrogen-bond acceptors (Lipinski definition) is 3. The number of benzene rings is 1. The first-order chi connectivity index (χ1) is 9.47. The van der Waals surface area contributed by atoms with Crippen LogP contribution in [0.1, 0.15) is 24.5 Å². The molecule has 2 atom stereocenters. The van der Waals surface area contributed by atoms with Gasteiger partial charge in [0, 0.05) is 19.0 Å². The van der Waals surface area contributed by atoms with E-state index in [1.165, 1.54) is 0 Å². The quantitative estimate of drug-likeness (QED) is 0.914. The van der Waals surface area contributed by atoms with Crippen molar-refractivity contribution in [2.45, 2.75) is 33.3 Å². The van der Waals surface area contributed by atoms with Gasteiger partial charge >= 0.3 is 0 Å². The van der Waals surface area contributed by atoms with Crippen molar-refractivity contribution in [1.82, 2.24) is 4.90 Å². The molecule has 0 bridgehead atoms. The summed E-state index contributed by atoms with van der Waals surface area (Å²) < 4.78 is 5.63. The van der Waals surface area contributed by atoms with Gasteiger partial charge in [0.15, 0.2) is 6.61 Å². The maximum Gasteiger partial charge on any atom is 0.260 e. The van der Waals surface area contributed by atoms with Crippen molar-refractivity contribution >= 4 is 5.91 Å². The molecule has 0 radical (unpaired) electrons. The first-order valence-corrected chi connectivity index (χ1v) is 7.13. The number of aliphatic hydroxyl groups is 1. The predicted octanol–water partition coefficient (Wildman–Crippen LogP) is 1.91. The Balaban J connectivity index is 1.88. The Kier molecular flexibility index (Phi) is 4.65. The third-order valence-corrected chi connectivity index (χ3v) is 3.95. The third kappa shape index (κ3) is 3.51. The van der Waals surface area contributed by atoms with Gasteiger partial charge in [0.1, 0.15) is 5.75 Å². The first-order valence-electron chi connectivity index (χ1n) is 7.13. The highest BCUT2D eigenvalue weighted by Crippen LogP contribution is 2.21. The minimum absolute atomic E-state index is 0.00550. The molecule has 2 rings (SSSR count). The molecule has 0 saturated carbocycles. The molecule has 1 saturated heterocycles. The Morgan fingerprint density at radius 1 is 1.50 bits per heavy atom. The van der Waals surface area contributed by atoms with Gasteiger partial charge < -0.3 is 14.7 Å². The molecular weight excluding hydrogens is 254 g/mol. The number of amides is 1. The second-order valence-corrected chi connectivity index (χ2v) is 5.69. The Hall–Kier alpha value is -1.55. The van der Waals surface area contributed by atoms with Gasteiger partial charge in [-0.3, -0.25) is 4.79 Å². The lowest BCUT2D eigenvalue weighted by atomic mass is 10.0. The van der Waals surface area contributed by atoms with E-state index in [1.54, 1.807) is 11.8 Å². The van der Waals surface area contributed by atoms with Crippen molar-refractivity contribution in [2.75, 3.05) is 19.7 Å². The molecule has 1 aromatic rings. The lowest BCUT2D eigenvalue weighted by molar-refractivity contribution is -0.132. The summed E-state index contributed by atoms with van der Waals surface area (Å²) in [6.07, 6.45) is 0.514. The molecule has 1 aromatic carbocycles. The normalized spacial score (nSPS) is 20.0. The molecule has 1 aliphatic heterocycles. The molecule has 1 amide bonds. The SMILES string of the molecule is Cc1ccc(C)c(OCC(=O)N2CCC(C(C)O)C2)c1. The summed E-state index contributed by atoms with van der Waals surface area (Å²) in [5, 5.41) is 9.56. The summed E-state index contributed by atoms with van der Waals surface area (Å²) >= 11 is 0. The lowest BCUT2D eigenvalue weighted by Crippen LogP contribution is -2.34. The third-order valence-electron chi connectivity index (χ3n) is 3.95. The molecule has 110 valence electrons. The van der Waals surface area contributed by atoms with Crippen LogP contribution in [0.2, 0.25) is 0 Å². The summed E-state index contributed by atoms with van der Waals surface area (Å²) in [6, 6.07) is 5.97. The molecule has 0 aliphatic carbocycles. The van der Waals surface area contributed by atoms with Gasteiger partial charge in [0.25, 0.3) is 5.91 Å². The van der Waals surface area contributed by atoms with Gasteiger partial charge in [-0.1, -0.05) is 12.1 Å². The van der Waals surface area contributed by atoms with E-state index in [-0.39, 0.29) is 24.5 Å². The highest BCUT2D eigenvalue weighted by Gasteiger charge is 2.29. The van der Waals surface area contributed by atoms with Crippen LogP contribution in [0.25, 0.3) is 0 Å². The van der Waals surface area contributed by atoms with Crippen LogP contribution in [0, 0.1) is 19.8 Å². The maximum atomic E-state index is 12.1. The van der Waals surface area contributed by atoms with Crippen LogP contribution in [0.15, 0.2) is 18.2 Å². The average molecular weight is 277 g/mol. The predicted molar refractivity (Wildman–Crippen MR) is 77.8 cm³/mol. The Morgan fingerprint density at radius 3 is 2.90 bits per heavy atom. The van der Waals surface area contributed by atoms with Crippen molar-refractivity contribution in [3.8, 4) is 5.75 Å². The van der Waals surface area contributed by atoms with E-state index in [1.807, 2.05) is 32.0 Å². The minimum atomic E-state index is -0.354. The summed E-state index contributed by atoms with van der Waals surface area (Å²) in [5.41, 5.74) is 2.15. The molecule has 20 heavy (non-hydrogen) atoms. The Labute approximate surface area is 120 Å². The number of ether oxygens (including phenoxy) is 1. The number of rotatable bonds is 4. The molecular formula is C16H23NO3. The second-order valence-electron chi connectivity index (χ2n) is 5.69. The first kappa shape index (κ1) is 14.9. The fourth-order valence-electron chi connectivity index (χ4n) is 2.50. The zero-order valence-electron chi connectivity index (χ0n) is 12.4. The van der Waals surface area contributed by atoms with E-state index < -0.39 is 0 Å². The van der Waals surface area contributed by atoms with E-state index in [4.69, 9.17) is 4.74 Å². The number of aliphatic hydroxyl groups excluding tert-OH is 1. The van der Waals surface area contributed by atoms with Crippen LogP contribution in [0.4, 0.5) is 0 Å². The van der Waals surface area contributed by atoms with Crippen molar-refractivity contribution in [1.29, 1.82) is 0 Å². The average Bonchev–Trinajstić information content (AvgIpc) is 2.89. The lowest BCUT2D eigenvalue weighted by Gasteiger charge is -2.18. The number of nitrogens with zero attached hydrogens (tertiary/aromatic N) is 1. The van der Waals surface area contributed by atoms with Gasteiger partial charge in [-0.15, -0.1) is 0 Å². The van der Waals surface area contributed by atoms with Crippen LogP contribution in [0.3, 0.4) is 0 Å². The summed E-state index contributed by atoms with van der Waals surface area (Å²) in [4.78, 5) is 13.9. The summed E-state index contributed by atoms with van der Waals surface area (Å²) in [6.45, 7) is 7.17. The molecule has 0 aromatic heterocycles. The van der Waals surface area contributed by atoms with Crippen molar-refractivity contribution < 1.29 is 14.6 Å². The van der Waals surface area contributed by atoms with E-state index in [2.05, 4.69) is 0 Å². The van der Waals surface area contributed by atoms with E-state index in [9.17, 15) is 9.90 Å². The molecule has 1 fully saturated rings. The molecule has 1 aliphatic rings. The Morgan fingerprint density at radius 2 is 2.25 bits per heavy atom. The molecule has 1 N–H and O–H groups in total. The van der Waals surface area contributed by atoms with Crippen molar-refractivity contribution in [3.05, 3.63) is 29.3 Å².